The maximum atomic E-state index is 13.2. The van der Waals surface area contributed by atoms with Crippen molar-refractivity contribution in [3.63, 3.8) is 0 Å². The predicted octanol–water partition coefficient (Wildman–Crippen LogP) is 1.70. The highest BCUT2D eigenvalue weighted by Gasteiger charge is 2.35. The molecular weight excluding hydrogens is 273 g/mol. The zero-order chi connectivity index (χ0) is 14.2. The molecule has 0 aromatic heterocycles. The Labute approximate surface area is 110 Å². The summed E-state index contributed by atoms with van der Waals surface area (Å²) < 4.78 is 39.3. The molecule has 0 saturated carbocycles. The van der Waals surface area contributed by atoms with Crippen molar-refractivity contribution in [3.05, 3.63) is 29.6 Å². The van der Waals surface area contributed by atoms with Gasteiger partial charge in [-0.25, -0.2) is 17.6 Å². The molecule has 1 atom stereocenters. The van der Waals surface area contributed by atoms with Crippen LogP contribution >= 0.6 is 0 Å². The SMILES string of the molecule is CC1CCCN1S(=O)(=O)c1cc(F)ccc1C(=O)O. The molecule has 7 heteroatoms. The van der Waals surface area contributed by atoms with E-state index >= 15 is 0 Å². The fourth-order valence-corrected chi connectivity index (χ4v) is 4.17. The lowest BCUT2D eigenvalue weighted by atomic mass is 10.2. The average molecular weight is 287 g/mol. The summed E-state index contributed by atoms with van der Waals surface area (Å²) in [6, 6.07) is 2.49. The molecule has 0 amide bonds. The van der Waals surface area contributed by atoms with E-state index in [-0.39, 0.29) is 6.04 Å². The topological polar surface area (TPSA) is 74.7 Å². The van der Waals surface area contributed by atoms with Gasteiger partial charge in [-0.05, 0) is 38.0 Å². The zero-order valence-corrected chi connectivity index (χ0v) is 11.2. The van der Waals surface area contributed by atoms with Gasteiger partial charge in [0.15, 0.2) is 0 Å². The zero-order valence-electron chi connectivity index (χ0n) is 10.3. The molecule has 1 aromatic carbocycles. The summed E-state index contributed by atoms with van der Waals surface area (Å²) in [4.78, 5) is 10.6. The molecule has 5 nitrogen and oxygen atoms in total. The molecule has 1 aliphatic heterocycles. The van der Waals surface area contributed by atoms with Crippen molar-refractivity contribution in [2.24, 2.45) is 0 Å². The van der Waals surface area contributed by atoms with E-state index in [9.17, 15) is 17.6 Å². The van der Waals surface area contributed by atoms with Crippen LogP contribution in [-0.2, 0) is 10.0 Å². The van der Waals surface area contributed by atoms with Gasteiger partial charge in [0.2, 0.25) is 10.0 Å². The van der Waals surface area contributed by atoms with E-state index in [0.717, 1.165) is 31.0 Å². The second-order valence-electron chi connectivity index (χ2n) is 4.55. The van der Waals surface area contributed by atoms with Crippen LogP contribution in [0.25, 0.3) is 0 Å². The van der Waals surface area contributed by atoms with Gasteiger partial charge in [0, 0.05) is 12.6 Å². The van der Waals surface area contributed by atoms with Crippen LogP contribution in [0.4, 0.5) is 4.39 Å². The van der Waals surface area contributed by atoms with Crippen LogP contribution in [0, 0.1) is 5.82 Å². The van der Waals surface area contributed by atoms with E-state index in [1.807, 2.05) is 0 Å². The van der Waals surface area contributed by atoms with Crippen molar-refractivity contribution in [2.75, 3.05) is 6.54 Å². The third kappa shape index (κ3) is 2.48. The number of benzene rings is 1. The van der Waals surface area contributed by atoms with Gasteiger partial charge >= 0.3 is 5.97 Å². The van der Waals surface area contributed by atoms with Crippen molar-refractivity contribution in [1.82, 2.24) is 4.31 Å². The second kappa shape index (κ2) is 4.90. The van der Waals surface area contributed by atoms with Crippen molar-refractivity contribution >= 4 is 16.0 Å². The Kier molecular flexibility index (Phi) is 3.60. The lowest BCUT2D eigenvalue weighted by Gasteiger charge is -2.21. The summed E-state index contributed by atoms with van der Waals surface area (Å²) >= 11 is 0. The summed E-state index contributed by atoms with van der Waals surface area (Å²) in [6.07, 6.45) is 1.44. The van der Waals surface area contributed by atoms with Crippen LogP contribution in [0.5, 0.6) is 0 Å². The number of hydrogen-bond donors (Lipinski definition) is 1. The van der Waals surface area contributed by atoms with E-state index in [4.69, 9.17) is 5.11 Å². The van der Waals surface area contributed by atoms with Crippen molar-refractivity contribution in [2.45, 2.75) is 30.7 Å². The molecule has 1 aliphatic rings. The summed E-state index contributed by atoms with van der Waals surface area (Å²) in [5, 5.41) is 9.02. The van der Waals surface area contributed by atoms with Gasteiger partial charge in [-0.3, -0.25) is 0 Å². The van der Waals surface area contributed by atoms with Crippen molar-refractivity contribution in [3.8, 4) is 0 Å². The number of aromatic carboxylic acids is 1. The molecule has 1 unspecified atom stereocenters. The Morgan fingerprint density at radius 3 is 2.68 bits per heavy atom. The number of carbonyl (C=O) groups is 1. The Morgan fingerprint density at radius 1 is 1.47 bits per heavy atom. The minimum absolute atomic E-state index is 0.199. The molecule has 1 fully saturated rings. The quantitative estimate of drug-likeness (QED) is 0.918. The first kappa shape index (κ1) is 14.0. The number of rotatable bonds is 3. The lowest BCUT2D eigenvalue weighted by Crippen LogP contribution is -2.34. The van der Waals surface area contributed by atoms with E-state index in [1.165, 1.54) is 4.31 Å². The molecule has 0 aliphatic carbocycles. The molecule has 0 radical (unpaired) electrons. The van der Waals surface area contributed by atoms with Crippen molar-refractivity contribution < 1.29 is 22.7 Å². The largest absolute Gasteiger partial charge is 0.478 e. The van der Waals surface area contributed by atoms with E-state index < -0.39 is 32.3 Å². The van der Waals surface area contributed by atoms with Gasteiger partial charge in [0.1, 0.15) is 5.82 Å². The second-order valence-corrected chi connectivity index (χ2v) is 6.41. The highest BCUT2D eigenvalue weighted by atomic mass is 32.2. The first-order valence-corrected chi connectivity index (χ1v) is 7.32. The lowest BCUT2D eigenvalue weighted by molar-refractivity contribution is 0.0692. The maximum Gasteiger partial charge on any atom is 0.337 e. The number of hydrogen-bond acceptors (Lipinski definition) is 3. The molecule has 1 saturated heterocycles. The van der Waals surface area contributed by atoms with Crippen LogP contribution in [-0.4, -0.2) is 36.4 Å². The van der Waals surface area contributed by atoms with Gasteiger partial charge < -0.3 is 5.11 Å². The molecule has 0 spiro atoms. The molecule has 104 valence electrons. The van der Waals surface area contributed by atoms with Crippen LogP contribution in [0.1, 0.15) is 30.1 Å². The number of carboxylic acid groups (broad SMARTS) is 1. The highest BCUT2D eigenvalue weighted by Crippen LogP contribution is 2.28. The fourth-order valence-electron chi connectivity index (χ4n) is 2.28. The molecule has 1 heterocycles. The third-order valence-corrected chi connectivity index (χ3v) is 5.31. The first-order valence-electron chi connectivity index (χ1n) is 5.88. The minimum Gasteiger partial charge on any atom is -0.478 e. The number of nitrogens with zero attached hydrogens (tertiary/aromatic N) is 1. The van der Waals surface area contributed by atoms with E-state index in [0.29, 0.717) is 6.54 Å². The Hall–Kier alpha value is -1.47. The predicted molar refractivity (Wildman–Crippen MR) is 65.9 cm³/mol. The average Bonchev–Trinajstić information content (AvgIpc) is 2.75. The Bertz CT molecular complexity index is 614. The third-order valence-electron chi connectivity index (χ3n) is 3.25. The van der Waals surface area contributed by atoms with Crippen LogP contribution in [0.2, 0.25) is 0 Å². The van der Waals surface area contributed by atoms with Crippen LogP contribution in [0.3, 0.4) is 0 Å². The Balaban J connectivity index is 2.57. The number of sulfonamides is 1. The Morgan fingerprint density at radius 2 is 2.16 bits per heavy atom. The van der Waals surface area contributed by atoms with E-state index in [2.05, 4.69) is 0 Å². The summed E-state index contributed by atoms with van der Waals surface area (Å²) in [5.74, 6) is -2.15. The van der Waals surface area contributed by atoms with Gasteiger partial charge in [-0.15, -0.1) is 0 Å². The van der Waals surface area contributed by atoms with Gasteiger partial charge in [0.05, 0.1) is 10.5 Å². The molecule has 19 heavy (non-hydrogen) atoms. The van der Waals surface area contributed by atoms with Gasteiger partial charge in [-0.2, -0.15) is 4.31 Å². The smallest absolute Gasteiger partial charge is 0.337 e. The van der Waals surface area contributed by atoms with Gasteiger partial charge in [0.25, 0.3) is 0 Å². The summed E-state index contributed by atoms with van der Waals surface area (Å²) in [7, 11) is -3.97. The van der Waals surface area contributed by atoms with Crippen LogP contribution in [0.15, 0.2) is 23.1 Å². The molecule has 1 N–H and O–H groups in total. The monoisotopic (exact) mass is 287 g/mol. The van der Waals surface area contributed by atoms with E-state index in [1.54, 1.807) is 6.92 Å². The fraction of sp³-hybridized carbons (Fsp3) is 0.417. The normalized spacial score (nSPS) is 20.6. The summed E-state index contributed by atoms with van der Waals surface area (Å²) in [6.45, 7) is 2.09. The molecular formula is C12H14FNO4S. The highest BCUT2D eigenvalue weighted by molar-refractivity contribution is 7.89. The summed E-state index contributed by atoms with van der Waals surface area (Å²) in [5.41, 5.74) is -0.402. The molecule has 2 rings (SSSR count). The maximum absolute atomic E-state index is 13.2. The van der Waals surface area contributed by atoms with Crippen LogP contribution < -0.4 is 0 Å². The van der Waals surface area contributed by atoms with Crippen molar-refractivity contribution in [1.29, 1.82) is 0 Å². The van der Waals surface area contributed by atoms with Gasteiger partial charge in [-0.1, -0.05) is 0 Å². The number of halogens is 1. The molecule has 1 aromatic rings. The standard InChI is InChI=1S/C12H14FNO4S/c1-8-3-2-6-14(8)19(17,18)11-7-9(13)4-5-10(11)12(15)16/h4-5,7-8H,2-3,6H2,1H3,(H,15,16). The first-order chi connectivity index (χ1) is 8.84. The molecule has 0 bridgehead atoms. The minimum atomic E-state index is -3.97. The number of carboxylic acids is 1.